The lowest BCUT2D eigenvalue weighted by atomic mass is 10.1. The second-order valence-corrected chi connectivity index (χ2v) is 6.63. The van der Waals surface area contributed by atoms with Gasteiger partial charge in [-0.15, -0.1) is 0 Å². The first-order valence-electron chi connectivity index (χ1n) is 6.47. The monoisotopic (exact) mass is 266 g/mol. The molecule has 0 fully saturated rings. The van der Waals surface area contributed by atoms with Crippen LogP contribution in [-0.4, -0.2) is 31.1 Å². The van der Waals surface area contributed by atoms with Crippen molar-refractivity contribution in [2.24, 2.45) is 0 Å². The van der Waals surface area contributed by atoms with Gasteiger partial charge in [-0.05, 0) is 38.7 Å². The van der Waals surface area contributed by atoms with Crippen LogP contribution in [0.4, 0.5) is 5.69 Å². The van der Waals surface area contributed by atoms with Gasteiger partial charge in [-0.1, -0.05) is 18.2 Å². The van der Waals surface area contributed by atoms with Gasteiger partial charge >= 0.3 is 0 Å². The molecule has 0 spiro atoms. The van der Waals surface area contributed by atoms with Crippen molar-refractivity contribution in [3.05, 3.63) is 29.8 Å². The Kier molecular flexibility index (Phi) is 6.03. The second kappa shape index (κ2) is 7.05. The van der Waals surface area contributed by atoms with Crippen LogP contribution in [0.1, 0.15) is 26.3 Å². The van der Waals surface area contributed by atoms with Crippen molar-refractivity contribution in [3.8, 4) is 0 Å². The lowest BCUT2D eigenvalue weighted by Crippen LogP contribution is -2.35. The van der Waals surface area contributed by atoms with Gasteiger partial charge in [0.05, 0.1) is 0 Å². The van der Waals surface area contributed by atoms with Crippen LogP contribution in [0.2, 0.25) is 0 Å². The third kappa shape index (κ3) is 5.32. The summed E-state index contributed by atoms with van der Waals surface area (Å²) in [4.78, 5) is 2.34. The molecule has 1 N–H and O–H groups in total. The van der Waals surface area contributed by atoms with Crippen molar-refractivity contribution in [1.29, 1.82) is 0 Å². The summed E-state index contributed by atoms with van der Waals surface area (Å²) < 4.78 is 0. The maximum absolute atomic E-state index is 3.56. The predicted octanol–water partition coefficient (Wildman–Crippen LogP) is 3.37. The minimum Gasteiger partial charge on any atom is -0.374 e. The molecule has 0 aromatic heterocycles. The Labute approximate surface area is 116 Å². The molecular weight excluding hydrogens is 240 g/mol. The molecule has 2 nitrogen and oxygen atoms in total. The highest BCUT2D eigenvalue weighted by atomic mass is 32.2. The van der Waals surface area contributed by atoms with Crippen molar-refractivity contribution >= 4 is 17.4 Å². The molecule has 18 heavy (non-hydrogen) atoms. The zero-order chi connectivity index (χ0) is 13.6. The molecule has 0 bridgehead atoms. The summed E-state index contributed by atoms with van der Waals surface area (Å²) in [5, 5.41) is 3.56. The van der Waals surface area contributed by atoms with Crippen molar-refractivity contribution < 1.29 is 0 Å². The molecule has 0 amide bonds. The first kappa shape index (κ1) is 15.4. The first-order valence-corrected chi connectivity index (χ1v) is 7.86. The summed E-state index contributed by atoms with van der Waals surface area (Å²) in [5.41, 5.74) is 2.87. The number of anilines is 1. The summed E-state index contributed by atoms with van der Waals surface area (Å²) in [6, 6.07) is 8.65. The fraction of sp³-hybridized carbons (Fsp3) is 0.600. The number of hydrogen-bond acceptors (Lipinski definition) is 3. The highest BCUT2D eigenvalue weighted by molar-refractivity contribution is 7.98. The van der Waals surface area contributed by atoms with E-state index in [0.29, 0.717) is 0 Å². The van der Waals surface area contributed by atoms with Gasteiger partial charge in [-0.3, -0.25) is 0 Å². The highest BCUT2D eigenvalue weighted by Gasteiger charge is 2.11. The largest absolute Gasteiger partial charge is 0.374 e. The van der Waals surface area contributed by atoms with Crippen LogP contribution in [0.5, 0.6) is 0 Å². The number of nitrogens with zero attached hydrogens (tertiary/aromatic N) is 1. The van der Waals surface area contributed by atoms with E-state index < -0.39 is 0 Å². The van der Waals surface area contributed by atoms with E-state index in [1.807, 2.05) is 11.8 Å². The fourth-order valence-electron chi connectivity index (χ4n) is 1.74. The summed E-state index contributed by atoms with van der Waals surface area (Å²) >= 11 is 1.89. The van der Waals surface area contributed by atoms with Crippen molar-refractivity contribution in [1.82, 2.24) is 5.32 Å². The average Bonchev–Trinajstić information content (AvgIpc) is 2.33. The lowest BCUT2D eigenvalue weighted by molar-refractivity contribution is 0.424. The molecule has 1 rings (SSSR count). The minimum absolute atomic E-state index is 0.158. The standard InChI is InChI=1S/C15H26N2S/c1-15(2,3)16-12-13-8-6-7-9-14(13)17(4)10-11-18-5/h6-9,16H,10-12H2,1-5H3. The molecular formula is C15H26N2S. The molecule has 3 heteroatoms. The van der Waals surface area contributed by atoms with Gasteiger partial charge in [0.25, 0.3) is 0 Å². The van der Waals surface area contributed by atoms with Crippen LogP contribution in [0.3, 0.4) is 0 Å². The van der Waals surface area contributed by atoms with Gasteiger partial charge < -0.3 is 10.2 Å². The van der Waals surface area contributed by atoms with Gasteiger partial charge in [0.15, 0.2) is 0 Å². The van der Waals surface area contributed by atoms with Crippen LogP contribution < -0.4 is 10.2 Å². The Balaban J connectivity index is 2.72. The summed E-state index contributed by atoms with van der Waals surface area (Å²) in [5.74, 6) is 1.16. The van der Waals surface area contributed by atoms with Crippen LogP contribution in [-0.2, 0) is 6.54 Å². The molecule has 0 atom stereocenters. The van der Waals surface area contributed by atoms with Crippen LogP contribution in [0.25, 0.3) is 0 Å². The molecule has 1 aromatic carbocycles. The van der Waals surface area contributed by atoms with Crippen molar-refractivity contribution in [2.75, 3.05) is 30.5 Å². The zero-order valence-corrected chi connectivity index (χ0v) is 13.1. The number of benzene rings is 1. The van der Waals surface area contributed by atoms with Crippen molar-refractivity contribution in [3.63, 3.8) is 0 Å². The fourth-order valence-corrected chi connectivity index (χ4v) is 2.20. The Hall–Kier alpha value is -0.670. The van der Waals surface area contributed by atoms with E-state index in [-0.39, 0.29) is 5.54 Å². The van der Waals surface area contributed by atoms with Gasteiger partial charge in [0, 0.05) is 37.1 Å². The molecule has 0 radical (unpaired) electrons. The maximum atomic E-state index is 3.56. The van der Waals surface area contributed by atoms with Gasteiger partial charge in [0.2, 0.25) is 0 Å². The van der Waals surface area contributed by atoms with E-state index in [1.165, 1.54) is 11.3 Å². The van der Waals surface area contributed by atoms with E-state index >= 15 is 0 Å². The van der Waals surface area contributed by atoms with E-state index in [1.54, 1.807) is 0 Å². The zero-order valence-electron chi connectivity index (χ0n) is 12.3. The highest BCUT2D eigenvalue weighted by Crippen LogP contribution is 2.20. The SMILES string of the molecule is CSCCN(C)c1ccccc1CNC(C)(C)C. The Morgan fingerprint density at radius 1 is 1.22 bits per heavy atom. The summed E-state index contributed by atoms with van der Waals surface area (Å²) in [6.45, 7) is 8.62. The average molecular weight is 266 g/mol. The molecule has 0 heterocycles. The topological polar surface area (TPSA) is 15.3 Å². The summed E-state index contributed by atoms with van der Waals surface area (Å²) in [6.07, 6.45) is 2.15. The minimum atomic E-state index is 0.158. The third-order valence-electron chi connectivity index (χ3n) is 2.84. The van der Waals surface area contributed by atoms with Crippen LogP contribution in [0.15, 0.2) is 24.3 Å². The Morgan fingerprint density at radius 3 is 2.50 bits per heavy atom. The molecule has 0 aliphatic heterocycles. The van der Waals surface area contributed by atoms with Crippen molar-refractivity contribution in [2.45, 2.75) is 32.9 Å². The molecule has 0 aliphatic carbocycles. The Bertz CT molecular complexity index is 358. The van der Waals surface area contributed by atoms with E-state index in [2.05, 4.69) is 68.6 Å². The van der Waals surface area contributed by atoms with Gasteiger partial charge in [0.1, 0.15) is 0 Å². The van der Waals surface area contributed by atoms with E-state index in [4.69, 9.17) is 0 Å². The molecule has 0 saturated carbocycles. The predicted molar refractivity (Wildman–Crippen MR) is 84.7 cm³/mol. The van der Waals surface area contributed by atoms with Crippen LogP contribution in [0, 0.1) is 0 Å². The molecule has 102 valence electrons. The number of hydrogen-bond donors (Lipinski definition) is 1. The Morgan fingerprint density at radius 2 is 1.89 bits per heavy atom. The van der Waals surface area contributed by atoms with E-state index in [0.717, 1.165) is 18.8 Å². The summed E-state index contributed by atoms with van der Waals surface area (Å²) in [7, 11) is 2.17. The number of thioether (sulfide) groups is 1. The number of rotatable bonds is 6. The number of nitrogens with one attached hydrogen (secondary N) is 1. The molecule has 0 saturated heterocycles. The molecule has 0 unspecified atom stereocenters. The smallest absolute Gasteiger partial charge is 0.0409 e. The van der Waals surface area contributed by atoms with Gasteiger partial charge in [-0.2, -0.15) is 11.8 Å². The molecule has 0 aliphatic rings. The molecule has 1 aromatic rings. The third-order valence-corrected chi connectivity index (χ3v) is 3.43. The maximum Gasteiger partial charge on any atom is 0.0409 e. The van der Waals surface area contributed by atoms with E-state index in [9.17, 15) is 0 Å². The quantitative estimate of drug-likeness (QED) is 0.850. The normalized spacial score (nSPS) is 11.6. The lowest BCUT2D eigenvalue weighted by Gasteiger charge is -2.25. The first-order chi connectivity index (χ1) is 8.44. The second-order valence-electron chi connectivity index (χ2n) is 5.65. The van der Waals surface area contributed by atoms with Crippen LogP contribution >= 0.6 is 11.8 Å². The van der Waals surface area contributed by atoms with Gasteiger partial charge in [-0.25, -0.2) is 0 Å². The number of para-hydroxylation sites is 1.